The molecule has 0 unspecified atom stereocenters. The van der Waals surface area contributed by atoms with E-state index in [0.29, 0.717) is 12.1 Å². The van der Waals surface area contributed by atoms with Gasteiger partial charge in [-0.3, -0.25) is 14.9 Å². The first kappa shape index (κ1) is 10.2. The highest BCUT2D eigenvalue weighted by atomic mass is 16.6. The molecular weight excluding hydrogens is 184 g/mol. The molecule has 0 aromatic heterocycles. The molecule has 1 N–H and O–H groups in total. The van der Waals surface area contributed by atoms with Crippen molar-refractivity contribution < 1.29 is 9.72 Å². The quantitative estimate of drug-likeness (QED) is 0.543. The maximum atomic E-state index is 11.1. The van der Waals surface area contributed by atoms with Gasteiger partial charge in [-0.25, -0.2) is 0 Å². The van der Waals surface area contributed by atoms with E-state index in [1.807, 2.05) is 0 Å². The van der Waals surface area contributed by atoms with Gasteiger partial charge in [0.15, 0.2) is 0 Å². The fourth-order valence-electron chi connectivity index (χ4n) is 1.31. The molecule has 74 valence electrons. The largest absolute Gasteiger partial charge is 0.348 e. The number of nitrogens with one attached hydrogen (secondary N) is 1. The van der Waals surface area contributed by atoms with E-state index in [1.165, 1.54) is 12.1 Å². The van der Waals surface area contributed by atoms with Gasteiger partial charge in [-0.15, -0.1) is 0 Å². The van der Waals surface area contributed by atoms with Crippen molar-refractivity contribution in [3.63, 3.8) is 0 Å². The van der Waals surface area contributed by atoms with Crippen molar-refractivity contribution in [2.75, 3.05) is 0 Å². The monoisotopic (exact) mass is 194 g/mol. The number of fused-ring (bicyclic) bond motifs is 1. The van der Waals surface area contributed by atoms with Gasteiger partial charge in [0.05, 0.1) is 10.5 Å². The second kappa shape index (κ2) is 3.45. The van der Waals surface area contributed by atoms with Crippen molar-refractivity contribution in [2.24, 2.45) is 0 Å². The zero-order chi connectivity index (χ0) is 9.42. The SMILES string of the molecule is C.O=C1NCc2ccc([N+](=O)[O-])cc21. The van der Waals surface area contributed by atoms with Gasteiger partial charge in [-0.2, -0.15) is 0 Å². The highest BCUT2D eigenvalue weighted by Gasteiger charge is 2.21. The van der Waals surface area contributed by atoms with E-state index in [1.54, 1.807) is 6.07 Å². The molecule has 0 radical (unpaired) electrons. The number of non-ortho nitro benzene ring substituents is 1. The average Bonchev–Trinajstić information content (AvgIpc) is 2.47. The lowest BCUT2D eigenvalue weighted by molar-refractivity contribution is -0.384. The summed E-state index contributed by atoms with van der Waals surface area (Å²) in [6.45, 7) is 0.464. The topological polar surface area (TPSA) is 72.2 Å². The van der Waals surface area contributed by atoms with Crippen LogP contribution in [0.1, 0.15) is 23.3 Å². The van der Waals surface area contributed by atoms with E-state index < -0.39 is 4.92 Å². The fourth-order valence-corrected chi connectivity index (χ4v) is 1.31. The van der Waals surface area contributed by atoms with Crippen LogP contribution in [0.25, 0.3) is 0 Å². The molecule has 1 amide bonds. The van der Waals surface area contributed by atoms with Gasteiger partial charge in [0, 0.05) is 18.7 Å². The minimum absolute atomic E-state index is 0. The van der Waals surface area contributed by atoms with Crippen molar-refractivity contribution in [2.45, 2.75) is 14.0 Å². The van der Waals surface area contributed by atoms with E-state index >= 15 is 0 Å². The van der Waals surface area contributed by atoms with Crippen molar-refractivity contribution in [3.05, 3.63) is 39.4 Å². The summed E-state index contributed by atoms with van der Waals surface area (Å²) in [5, 5.41) is 13.0. The number of nitrogens with zero attached hydrogens (tertiary/aromatic N) is 1. The van der Waals surface area contributed by atoms with Gasteiger partial charge in [-0.1, -0.05) is 7.43 Å². The van der Waals surface area contributed by atoms with Gasteiger partial charge in [-0.05, 0) is 11.6 Å². The van der Waals surface area contributed by atoms with Gasteiger partial charge < -0.3 is 5.32 Å². The molecule has 0 aliphatic carbocycles. The second-order valence-electron chi connectivity index (χ2n) is 2.78. The number of rotatable bonds is 1. The molecule has 1 aromatic carbocycles. The van der Waals surface area contributed by atoms with Crippen LogP contribution < -0.4 is 5.32 Å². The lowest BCUT2D eigenvalue weighted by atomic mass is 10.1. The first-order valence-electron chi connectivity index (χ1n) is 3.74. The normalized spacial score (nSPS) is 12.7. The minimum atomic E-state index is -0.508. The Balaban J connectivity index is 0.000000980. The molecule has 1 heterocycles. The van der Waals surface area contributed by atoms with Crippen LogP contribution in [0, 0.1) is 10.1 Å². The van der Waals surface area contributed by atoms with Gasteiger partial charge in [0.2, 0.25) is 0 Å². The molecule has 0 atom stereocenters. The molecule has 0 fully saturated rings. The maximum absolute atomic E-state index is 11.1. The summed E-state index contributed by atoms with van der Waals surface area (Å²) in [5.41, 5.74) is 1.18. The van der Waals surface area contributed by atoms with Gasteiger partial charge in [0.1, 0.15) is 0 Å². The Morgan fingerprint density at radius 3 is 2.79 bits per heavy atom. The van der Waals surface area contributed by atoms with Gasteiger partial charge in [0.25, 0.3) is 11.6 Å². The minimum Gasteiger partial charge on any atom is -0.348 e. The highest BCUT2D eigenvalue weighted by molar-refractivity contribution is 5.98. The zero-order valence-electron chi connectivity index (χ0n) is 6.61. The van der Waals surface area contributed by atoms with Crippen LogP contribution in [-0.2, 0) is 6.54 Å². The van der Waals surface area contributed by atoms with Crippen molar-refractivity contribution in [1.29, 1.82) is 0 Å². The number of amides is 1. The zero-order valence-corrected chi connectivity index (χ0v) is 6.61. The lowest BCUT2D eigenvalue weighted by Crippen LogP contribution is -2.12. The third-order valence-corrected chi connectivity index (χ3v) is 1.99. The Kier molecular flexibility index (Phi) is 2.51. The Labute approximate surface area is 80.9 Å². The first-order chi connectivity index (χ1) is 6.18. The van der Waals surface area contributed by atoms with Crippen molar-refractivity contribution >= 4 is 11.6 Å². The summed E-state index contributed by atoms with van der Waals surface area (Å²) in [6, 6.07) is 4.31. The standard InChI is InChI=1S/C8H6N2O3.CH4/c11-8-7-3-6(10(12)13)2-1-5(7)4-9-8;/h1-3H,4H2,(H,9,11);1H4. The molecule has 0 spiro atoms. The van der Waals surface area contributed by atoms with Crippen molar-refractivity contribution in [1.82, 2.24) is 5.32 Å². The Morgan fingerprint density at radius 1 is 1.43 bits per heavy atom. The molecule has 1 aromatic rings. The summed E-state index contributed by atoms with van der Waals surface area (Å²) in [4.78, 5) is 21.0. The molecular formula is C9H10N2O3. The average molecular weight is 194 g/mol. The van der Waals surface area contributed by atoms with E-state index in [0.717, 1.165) is 5.56 Å². The Morgan fingerprint density at radius 2 is 2.14 bits per heavy atom. The molecule has 0 bridgehead atoms. The summed E-state index contributed by atoms with van der Waals surface area (Å²) in [5.74, 6) is -0.237. The van der Waals surface area contributed by atoms with Crippen LogP contribution in [-0.4, -0.2) is 10.8 Å². The summed E-state index contributed by atoms with van der Waals surface area (Å²) < 4.78 is 0. The smallest absolute Gasteiger partial charge is 0.270 e. The van der Waals surface area contributed by atoms with Crippen molar-refractivity contribution in [3.8, 4) is 0 Å². The number of carbonyl (C=O) groups is 1. The van der Waals surface area contributed by atoms with E-state index in [9.17, 15) is 14.9 Å². The number of carbonyl (C=O) groups excluding carboxylic acids is 1. The molecule has 14 heavy (non-hydrogen) atoms. The van der Waals surface area contributed by atoms with E-state index in [4.69, 9.17) is 0 Å². The third-order valence-electron chi connectivity index (χ3n) is 1.99. The molecule has 5 nitrogen and oxygen atoms in total. The van der Waals surface area contributed by atoms with E-state index in [2.05, 4.69) is 5.32 Å². The predicted molar refractivity (Wildman–Crippen MR) is 51.0 cm³/mol. The summed E-state index contributed by atoms with van der Waals surface area (Å²) in [7, 11) is 0. The van der Waals surface area contributed by atoms with Crippen LogP contribution in [0.3, 0.4) is 0 Å². The second-order valence-corrected chi connectivity index (χ2v) is 2.78. The molecule has 1 aliphatic heterocycles. The molecule has 5 heteroatoms. The molecule has 1 aliphatic rings. The Hall–Kier alpha value is -1.91. The van der Waals surface area contributed by atoms with Crippen LogP contribution in [0.4, 0.5) is 5.69 Å². The van der Waals surface area contributed by atoms with Crippen LogP contribution in [0.2, 0.25) is 0 Å². The molecule has 0 saturated heterocycles. The predicted octanol–water partition coefficient (Wildman–Crippen LogP) is 1.47. The number of hydrogen-bond acceptors (Lipinski definition) is 3. The number of nitro benzene ring substituents is 1. The molecule has 2 rings (SSSR count). The van der Waals surface area contributed by atoms with Crippen LogP contribution in [0.5, 0.6) is 0 Å². The number of nitro groups is 1. The lowest BCUT2D eigenvalue weighted by Gasteiger charge is -1.94. The Bertz CT molecular complexity index is 401. The molecule has 0 saturated carbocycles. The highest BCUT2D eigenvalue weighted by Crippen LogP contribution is 2.21. The summed E-state index contributed by atoms with van der Waals surface area (Å²) >= 11 is 0. The fraction of sp³-hybridized carbons (Fsp3) is 0.222. The van der Waals surface area contributed by atoms with Gasteiger partial charge >= 0.3 is 0 Å². The number of hydrogen-bond donors (Lipinski definition) is 1. The number of benzene rings is 1. The first-order valence-corrected chi connectivity index (χ1v) is 3.74. The maximum Gasteiger partial charge on any atom is 0.270 e. The van der Waals surface area contributed by atoms with Crippen LogP contribution in [0.15, 0.2) is 18.2 Å². The third kappa shape index (κ3) is 1.44. The van der Waals surface area contributed by atoms with E-state index in [-0.39, 0.29) is 19.0 Å². The summed E-state index contributed by atoms with van der Waals surface area (Å²) in [6.07, 6.45) is 0. The van der Waals surface area contributed by atoms with Crippen LogP contribution >= 0.6 is 0 Å².